The number of hydrogen-bond acceptors (Lipinski definition) is 8. The zero-order valence-corrected chi connectivity index (χ0v) is 32.7. The van der Waals surface area contributed by atoms with Crippen LogP contribution in [0, 0.1) is 5.92 Å². The van der Waals surface area contributed by atoms with E-state index in [9.17, 15) is 27.4 Å². The molecule has 286 valence electrons. The zero-order valence-electron chi connectivity index (χ0n) is 31.8. The highest BCUT2D eigenvalue weighted by Crippen LogP contribution is 2.48. The molecule has 0 radical (unpaired) electrons. The molecule has 1 aliphatic carbocycles. The lowest BCUT2D eigenvalue weighted by Gasteiger charge is -2.40. The van der Waals surface area contributed by atoms with Gasteiger partial charge < -0.3 is 20.2 Å². The molecular formula is C40H54N5O7S+. The average Bonchev–Trinajstić information content (AvgIpc) is 3.40. The van der Waals surface area contributed by atoms with E-state index < -0.39 is 56.6 Å². The molecule has 0 saturated heterocycles. The first-order valence-electron chi connectivity index (χ1n) is 18.3. The molecule has 2 aromatic rings. The summed E-state index contributed by atoms with van der Waals surface area (Å²) in [5, 5.41) is 14.9. The summed E-state index contributed by atoms with van der Waals surface area (Å²) in [4.78, 5) is 42.8. The van der Waals surface area contributed by atoms with Crippen LogP contribution in [0.25, 0.3) is 0 Å². The number of Topliss-reactive ketones (excluding diaryl/α,β-unsaturated/α-hetero) is 1. The van der Waals surface area contributed by atoms with Gasteiger partial charge >= 0.3 is 5.97 Å². The van der Waals surface area contributed by atoms with Crippen molar-refractivity contribution in [1.82, 2.24) is 15.5 Å². The first-order valence-corrected chi connectivity index (χ1v) is 19.9. The van der Waals surface area contributed by atoms with Crippen LogP contribution in [0.3, 0.4) is 0 Å². The number of carboxylic acids is 1. The molecule has 12 nitrogen and oxygen atoms in total. The lowest BCUT2D eigenvalue weighted by Crippen LogP contribution is -2.61. The van der Waals surface area contributed by atoms with E-state index in [-0.39, 0.29) is 18.7 Å². The van der Waals surface area contributed by atoms with Gasteiger partial charge in [-0.05, 0) is 51.9 Å². The maximum Gasteiger partial charge on any atom is 0.303 e. The lowest BCUT2D eigenvalue weighted by atomic mass is 9.69. The van der Waals surface area contributed by atoms with Gasteiger partial charge in [0.2, 0.25) is 11.6 Å². The number of aliphatic carboxylic acids is 1. The van der Waals surface area contributed by atoms with E-state index in [1.54, 1.807) is 0 Å². The van der Waals surface area contributed by atoms with Crippen molar-refractivity contribution in [2.24, 2.45) is 5.92 Å². The summed E-state index contributed by atoms with van der Waals surface area (Å²) in [6.45, 7) is 9.82. The van der Waals surface area contributed by atoms with Crippen molar-refractivity contribution in [1.29, 1.82) is 0 Å². The Morgan fingerprint density at radius 3 is 2.30 bits per heavy atom. The number of likely N-dealkylation sites (N-methyl/N-ethyl adjacent to an activating group) is 2. The fourth-order valence-corrected chi connectivity index (χ4v) is 8.73. The summed E-state index contributed by atoms with van der Waals surface area (Å²) >= 11 is 0. The fraction of sp³-hybridized carbons (Fsp3) is 0.500. The zero-order chi connectivity index (χ0) is 38.9. The number of amides is 1. The first kappa shape index (κ1) is 40.0. The second-order valence-electron chi connectivity index (χ2n) is 15.6. The number of hydrogen-bond donors (Lipinski definition) is 4. The number of carbonyl (C=O) groups is 3. The standard InChI is InChI=1S/C40H53N5O7S/c1-39(2)28-15-10-12-17-31(28)44(6)33(39)23-26-36(27(37(26)48)24-34-40(3,4)29-16-11-13-18-32(29)45(34)7)42-30(25-53(50,51)52)38(49)41-20-22-43(5)21-14-8-9-19-35(46)47/h10-13,15-18,23-24,26,30,36,42H,8-9,14,19-22,25H2,1-7H3,(H2-,41,46,47,49,50,51,52)/p+1. The number of unbranched alkanes of at least 4 members (excludes halogenated alkanes) is 2. The van der Waals surface area contributed by atoms with Crippen molar-refractivity contribution < 1.29 is 37.0 Å². The smallest absolute Gasteiger partial charge is 0.303 e. The predicted octanol–water partition coefficient (Wildman–Crippen LogP) is 4.04. The Hall–Kier alpha value is -4.17. The van der Waals surface area contributed by atoms with E-state index in [0.29, 0.717) is 25.1 Å². The Balaban J connectivity index is 1.43. The second-order valence-corrected chi connectivity index (χ2v) is 17.1. The SMILES string of the molecule is CN(CCCCCC(=O)O)CCNC(=O)C(CS(=O)(=O)O)NC1C(=CC2=[N+](C)c3ccccc3C2(C)C)C(=O)C1C=C1N(C)c2ccccc2C1(C)C. The maximum absolute atomic E-state index is 14.3. The van der Waals surface area contributed by atoms with Gasteiger partial charge in [-0.15, -0.1) is 0 Å². The normalized spacial score (nSPS) is 22.3. The van der Waals surface area contributed by atoms with Crippen molar-refractivity contribution in [3.8, 4) is 0 Å². The van der Waals surface area contributed by atoms with E-state index in [2.05, 4.69) is 59.9 Å². The molecular weight excluding hydrogens is 695 g/mol. The van der Waals surface area contributed by atoms with E-state index in [0.717, 1.165) is 46.8 Å². The maximum atomic E-state index is 14.3. The molecule has 1 saturated carbocycles. The van der Waals surface area contributed by atoms with Gasteiger partial charge in [0.15, 0.2) is 11.5 Å². The molecule has 0 bridgehead atoms. The number of anilines is 1. The minimum Gasteiger partial charge on any atom is -0.481 e. The van der Waals surface area contributed by atoms with Gasteiger partial charge in [0.05, 0.1) is 23.1 Å². The van der Waals surface area contributed by atoms with Crippen LogP contribution in [0.1, 0.15) is 64.5 Å². The number of rotatable bonds is 16. The number of carbonyl (C=O) groups excluding carboxylic acids is 2. The Morgan fingerprint density at radius 1 is 1.00 bits per heavy atom. The quantitative estimate of drug-likeness (QED) is 0.0855. The highest BCUT2D eigenvalue weighted by molar-refractivity contribution is 7.85. The van der Waals surface area contributed by atoms with E-state index >= 15 is 0 Å². The van der Waals surface area contributed by atoms with Crippen molar-refractivity contribution in [2.75, 3.05) is 51.4 Å². The molecule has 53 heavy (non-hydrogen) atoms. The first-order chi connectivity index (χ1) is 24.8. The largest absolute Gasteiger partial charge is 0.481 e. The van der Waals surface area contributed by atoms with Crippen LogP contribution in [0.4, 0.5) is 11.4 Å². The number of fused-ring (bicyclic) bond motifs is 2. The van der Waals surface area contributed by atoms with Crippen LogP contribution in [0.15, 0.2) is 72.0 Å². The van der Waals surface area contributed by atoms with Gasteiger partial charge in [0, 0.05) is 66.6 Å². The Morgan fingerprint density at radius 2 is 1.66 bits per heavy atom. The predicted molar refractivity (Wildman–Crippen MR) is 207 cm³/mol. The minimum atomic E-state index is -4.60. The minimum absolute atomic E-state index is 0.126. The highest BCUT2D eigenvalue weighted by Gasteiger charge is 2.51. The summed E-state index contributed by atoms with van der Waals surface area (Å²) in [7, 11) is 1.21. The van der Waals surface area contributed by atoms with Gasteiger partial charge in [-0.3, -0.25) is 24.3 Å². The number of benzene rings is 2. The third-order valence-electron chi connectivity index (χ3n) is 11.1. The Kier molecular flexibility index (Phi) is 11.8. The number of nitrogens with zero attached hydrogens (tertiary/aromatic N) is 3. The molecule has 3 aliphatic rings. The molecule has 1 amide bonds. The van der Waals surface area contributed by atoms with Gasteiger partial charge in [-0.2, -0.15) is 13.0 Å². The Labute approximate surface area is 313 Å². The van der Waals surface area contributed by atoms with Crippen LogP contribution in [-0.4, -0.2) is 110 Å². The molecule has 5 rings (SSSR count). The average molecular weight is 749 g/mol. The van der Waals surface area contributed by atoms with Gasteiger partial charge in [-0.1, -0.05) is 62.7 Å². The van der Waals surface area contributed by atoms with Crippen LogP contribution in [0.2, 0.25) is 0 Å². The molecule has 13 heteroatoms. The van der Waals surface area contributed by atoms with Crippen LogP contribution in [-0.2, 0) is 35.3 Å². The number of allylic oxidation sites excluding steroid dienone is 2. The topological polar surface area (TPSA) is 159 Å². The molecule has 3 atom stereocenters. The van der Waals surface area contributed by atoms with Gasteiger partial charge in [-0.25, -0.2) is 0 Å². The number of carboxylic acid groups (broad SMARTS) is 1. The third kappa shape index (κ3) is 8.48. The van der Waals surface area contributed by atoms with Crippen molar-refractivity contribution in [3.63, 3.8) is 0 Å². The van der Waals surface area contributed by atoms with E-state index in [1.807, 2.05) is 74.6 Å². The van der Waals surface area contributed by atoms with Gasteiger partial charge in [0.25, 0.3) is 10.1 Å². The second kappa shape index (κ2) is 15.7. The van der Waals surface area contributed by atoms with Crippen molar-refractivity contribution in [2.45, 2.75) is 76.3 Å². The Bertz CT molecular complexity index is 1970. The van der Waals surface area contributed by atoms with Crippen molar-refractivity contribution in [3.05, 3.63) is 83.1 Å². The molecule has 2 heterocycles. The molecule has 3 unspecified atom stereocenters. The molecule has 4 N–H and O–H groups in total. The third-order valence-corrected chi connectivity index (χ3v) is 11.8. The molecule has 0 aromatic heterocycles. The lowest BCUT2D eigenvalue weighted by molar-refractivity contribution is -0.401. The summed E-state index contributed by atoms with van der Waals surface area (Å²) in [6.07, 6.45) is 6.12. The van der Waals surface area contributed by atoms with Crippen LogP contribution < -0.4 is 15.5 Å². The number of nitrogens with one attached hydrogen (secondary N) is 2. The molecule has 1 fully saturated rings. The summed E-state index contributed by atoms with van der Waals surface area (Å²) in [6, 6.07) is 14.1. The fourth-order valence-electron chi connectivity index (χ4n) is 8.07. The summed E-state index contributed by atoms with van der Waals surface area (Å²) < 4.78 is 36.6. The van der Waals surface area contributed by atoms with E-state index in [4.69, 9.17) is 5.11 Å². The van der Waals surface area contributed by atoms with Gasteiger partial charge in [0.1, 0.15) is 13.1 Å². The summed E-state index contributed by atoms with van der Waals surface area (Å²) in [5.41, 5.74) is 5.69. The molecule has 0 spiro atoms. The molecule has 2 aromatic carbocycles. The van der Waals surface area contributed by atoms with Crippen LogP contribution >= 0.6 is 0 Å². The number of ketones is 1. The molecule has 2 aliphatic heterocycles. The monoisotopic (exact) mass is 748 g/mol. The van der Waals surface area contributed by atoms with Crippen molar-refractivity contribution >= 4 is 44.9 Å². The van der Waals surface area contributed by atoms with E-state index in [1.165, 1.54) is 0 Å². The summed E-state index contributed by atoms with van der Waals surface area (Å²) in [5.74, 6) is -3.13. The number of para-hydroxylation sites is 2. The highest BCUT2D eigenvalue weighted by atomic mass is 32.2. The van der Waals surface area contributed by atoms with Crippen LogP contribution in [0.5, 0.6) is 0 Å².